The molecule has 19 heavy (non-hydrogen) atoms. The molecule has 0 bridgehead atoms. The molecule has 1 amide bonds. The quantitative estimate of drug-likeness (QED) is 0.846. The Morgan fingerprint density at radius 3 is 2.74 bits per heavy atom. The van der Waals surface area contributed by atoms with Crippen molar-refractivity contribution in [2.75, 3.05) is 13.1 Å². The Bertz CT molecular complexity index is 433. The van der Waals surface area contributed by atoms with Crippen LogP contribution in [0.2, 0.25) is 0 Å². The molecule has 1 aliphatic heterocycles. The van der Waals surface area contributed by atoms with Gasteiger partial charge in [0.1, 0.15) is 0 Å². The van der Waals surface area contributed by atoms with E-state index in [0.717, 1.165) is 32.4 Å². The van der Waals surface area contributed by atoms with Gasteiger partial charge in [-0.15, -0.1) is 0 Å². The van der Waals surface area contributed by atoms with Crippen molar-refractivity contribution in [1.29, 1.82) is 0 Å². The molecule has 1 aromatic rings. The van der Waals surface area contributed by atoms with Crippen LogP contribution in [0, 0.1) is 5.41 Å². The van der Waals surface area contributed by atoms with Crippen molar-refractivity contribution in [3.63, 3.8) is 0 Å². The molecule has 0 aromatic heterocycles. The summed E-state index contributed by atoms with van der Waals surface area (Å²) in [6, 6.07) is 10.8. The van der Waals surface area contributed by atoms with Gasteiger partial charge in [-0.05, 0) is 44.2 Å². The van der Waals surface area contributed by atoms with E-state index in [1.165, 1.54) is 18.4 Å². The van der Waals surface area contributed by atoms with E-state index in [1.807, 2.05) is 18.2 Å². The fourth-order valence-electron chi connectivity index (χ4n) is 2.96. The van der Waals surface area contributed by atoms with Crippen molar-refractivity contribution < 1.29 is 4.79 Å². The van der Waals surface area contributed by atoms with Gasteiger partial charge >= 0.3 is 0 Å². The van der Waals surface area contributed by atoms with Gasteiger partial charge in [0.15, 0.2) is 0 Å². The van der Waals surface area contributed by atoms with Gasteiger partial charge in [-0.2, -0.15) is 0 Å². The highest BCUT2D eigenvalue weighted by Crippen LogP contribution is 2.48. The molecule has 1 atom stereocenters. The zero-order chi connectivity index (χ0) is 13.1. The minimum Gasteiger partial charge on any atom is -0.354 e. The summed E-state index contributed by atoms with van der Waals surface area (Å²) < 4.78 is 0. The molecular formula is C16H22N2O. The van der Waals surface area contributed by atoms with Crippen molar-refractivity contribution >= 4 is 5.91 Å². The van der Waals surface area contributed by atoms with Gasteiger partial charge < -0.3 is 10.6 Å². The molecule has 0 radical (unpaired) electrons. The number of nitrogens with one attached hydrogen (secondary N) is 2. The second kappa shape index (κ2) is 5.33. The van der Waals surface area contributed by atoms with Gasteiger partial charge in [-0.25, -0.2) is 0 Å². The Morgan fingerprint density at radius 1 is 1.32 bits per heavy atom. The van der Waals surface area contributed by atoms with Crippen LogP contribution in [0.4, 0.5) is 0 Å². The van der Waals surface area contributed by atoms with Crippen LogP contribution in [0.1, 0.15) is 31.2 Å². The van der Waals surface area contributed by atoms with Crippen LogP contribution in [0.25, 0.3) is 0 Å². The molecule has 3 rings (SSSR count). The summed E-state index contributed by atoms with van der Waals surface area (Å²) in [6.45, 7) is 1.88. The molecule has 2 fully saturated rings. The van der Waals surface area contributed by atoms with Gasteiger partial charge in [0.25, 0.3) is 0 Å². The number of amides is 1. The lowest BCUT2D eigenvalue weighted by Gasteiger charge is -2.17. The van der Waals surface area contributed by atoms with E-state index in [1.54, 1.807) is 0 Å². The van der Waals surface area contributed by atoms with Crippen molar-refractivity contribution in [2.24, 2.45) is 5.41 Å². The molecule has 1 saturated carbocycles. The number of hydrogen-bond acceptors (Lipinski definition) is 2. The van der Waals surface area contributed by atoms with Gasteiger partial charge in [0.05, 0.1) is 5.41 Å². The predicted molar refractivity (Wildman–Crippen MR) is 75.8 cm³/mol. The molecular weight excluding hydrogens is 236 g/mol. The molecule has 2 N–H and O–H groups in total. The molecule has 1 heterocycles. The number of carbonyl (C=O) groups is 1. The summed E-state index contributed by atoms with van der Waals surface area (Å²) in [5.74, 6) is 0.255. The first-order chi connectivity index (χ1) is 9.28. The van der Waals surface area contributed by atoms with Crippen LogP contribution < -0.4 is 10.6 Å². The highest BCUT2D eigenvalue weighted by Gasteiger charge is 2.49. The van der Waals surface area contributed by atoms with E-state index in [9.17, 15) is 4.79 Å². The fraction of sp³-hybridized carbons (Fsp3) is 0.562. The Labute approximate surface area is 114 Å². The smallest absolute Gasteiger partial charge is 0.226 e. The topological polar surface area (TPSA) is 41.1 Å². The zero-order valence-corrected chi connectivity index (χ0v) is 11.3. The zero-order valence-electron chi connectivity index (χ0n) is 11.3. The lowest BCUT2D eigenvalue weighted by Crippen LogP contribution is -2.41. The van der Waals surface area contributed by atoms with Gasteiger partial charge in [-0.3, -0.25) is 4.79 Å². The lowest BCUT2D eigenvalue weighted by molar-refractivity contribution is -0.126. The van der Waals surface area contributed by atoms with Crippen LogP contribution in [-0.4, -0.2) is 25.0 Å². The van der Waals surface area contributed by atoms with E-state index < -0.39 is 0 Å². The Balaban J connectivity index is 1.53. The van der Waals surface area contributed by atoms with E-state index in [-0.39, 0.29) is 11.3 Å². The third-order valence-corrected chi connectivity index (χ3v) is 4.39. The van der Waals surface area contributed by atoms with Crippen molar-refractivity contribution in [1.82, 2.24) is 10.6 Å². The maximum absolute atomic E-state index is 12.3. The first-order valence-electron chi connectivity index (χ1n) is 7.34. The first-order valence-corrected chi connectivity index (χ1v) is 7.34. The minimum absolute atomic E-state index is 0.111. The third kappa shape index (κ3) is 2.98. The largest absolute Gasteiger partial charge is 0.354 e. The average molecular weight is 258 g/mol. The van der Waals surface area contributed by atoms with Gasteiger partial charge in [0.2, 0.25) is 5.91 Å². The Kier molecular flexibility index (Phi) is 3.56. The number of hydrogen-bond donors (Lipinski definition) is 2. The average Bonchev–Trinajstić information content (AvgIpc) is 3.03. The van der Waals surface area contributed by atoms with E-state index in [4.69, 9.17) is 0 Å². The molecule has 3 nitrogen and oxygen atoms in total. The SMILES string of the molecule is O=C(NCC1CCCN1)C1(Cc2ccccc2)CC1. The van der Waals surface area contributed by atoms with Gasteiger partial charge in [0, 0.05) is 12.6 Å². The normalized spacial score (nSPS) is 24.1. The molecule has 1 aliphatic carbocycles. The van der Waals surface area contributed by atoms with E-state index >= 15 is 0 Å². The number of carbonyl (C=O) groups excluding carboxylic acids is 1. The Hall–Kier alpha value is -1.35. The monoisotopic (exact) mass is 258 g/mol. The first kappa shape index (κ1) is 12.7. The third-order valence-electron chi connectivity index (χ3n) is 4.39. The minimum atomic E-state index is -0.111. The van der Waals surface area contributed by atoms with E-state index in [2.05, 4.69) is 22.8 Å². The van der Waals surface area contributed by atoms with Crippen LogP contribution in [0.15, 0.2) is 30.3 Å². The summed E-state index contributed by atoms with van der Waals surface area (Å²) in [7, 11) is 0. The van der Waals surface area contributed by atoms with Gasteiger partial charge in [-0.1, -0.05) is 30.3 Å². The molecule has 3 heteroatoms. The molecule has 0 spiro atoms. The molecule has 1 unspecified atom stereocenters. The van der Waals surface area contributed by atoms with Crippen LogP contribution in [0.3, 0.4) is 0 Å². The second-order valence-corrected chi connectivity index (χ2v) is 5.95. The lowest BCUT2D eigenvalue weighted by atomic mass is 9.95. The summed E-state index contributed by atoms with van der Waals surface area (Å²) >= 11 is 0. The van der Waals surface area contributed by atoms with Crippen LogP contribution in [-0.2, 0) is 11.2 Å². The fourth-order valence-corrected chi connectivity index (χ4v) is 2.96. The number of benzene rings is 1. The van der Waals surface area contributed by atoms with Crippen LogP contribution in [0.5, 0.6) is 0 Å². The van der Waals surface area contributed by atoms with Crippen LogP contribution >= 0.6 is 0 Å². The van der Waals surface area contributed by atoms with Crippen molar-refractivity contribution in [2.45, 2.75) is 38.1 Å². The number of rotatable bonds is 5. The maximum Gasteiger partial charge on any atom is 0.226 e. The standard InChI is InChI=1S/C16H22N2O/c19-15(18-12-14-7-4-10-17-14)16(8-9-16)11-13-5-2-1-3-6-13/h1-3,5-6,14,17H,4,7-12H2,(H,18,19). The maximum atomic E-state index is 12.3. The highest BCUT2D eigenvalue weighted by atomic mass is 16.2. The summed E-state index contributed by atoms with van der Waals surface area (Å²) in [5.41, 5.74) is 1.16. The molecule has 1 aromatic carbocycles. The molecule has 102 valence electrons. The van der Waals surface area contributed by atoms with Crippen molar-refractivity contribution in [3.8, 4) is 0 Å². The van der Waals surface area contributed by atoms with Crippen molar-refractivity contribution in [3.05, 3.63) is 35.9 Å². The second-order valence-electron chi connectivity index (χ2n) is 5.95. The predicted octanol–water partition coefficient (Wildman–Crippen LogP) is 1.88. The van der Waals surface area contributed by atoms with E-state index in [0.29, 0.717) is 6.04 Å². The molecule has 1 saturated heterocycles. The summed E-state index contributed by atoms with van der Waals surface area (Å²) in [6.07, 6.45) is 5.37. The molecule has 2 aliphatic rings. The Morgan fingerprint density at radius 2 is 2.11 bits per heavy atom. The summed E-state index contributed by atoms with van der Waals surface area (Å²) in [4.78, 5) is 12.3. The summed E-state index contributed by atoms with van der Waals surface area (Å²) in [5, 5.41) is 6.56. The highest BCUT2D eigenvalue weighted by molar-refractivity contribution is 5.85.